The summed E-state index contributed by atoms with van der Waals surface area (Å²) in [5.41, 5.74) is 0.695. The van der Waals surface area contributed by atoms with E-state index in [1.807, 2.05) is 0 Å². The molecule has 1 aromatic carbocycles. The lowest BCUT2D eigenvalue weighted by atomic mass is 10.0. The zero-order chi connectivity index (χ0) is 22.5. The summed E-state index contributed by atoms with van der Waals surface area (Å²) in [6, 6.07) is 3.99. The molecule has 166 valence electrons. The van der Waals surface area contributed by atoms with Gasteiger partial charge in [-0.25, -0.2) is 14.6 Å². The van der Waals surface area contributed by atoms with Gasteiger partial charge < -0.3 is 19.3 Å². The van der Waals surface area contributed by atoms with Crippen molar-refractivity contribution in [3.8, 4) is 11.5 Å². The van der Waals surface area contributed by atoms with E-state index in [0.29, 0.717) is 23.7 Å². The van der Waals surface area contributed by atoms with Crippen molar-refractivity contribution in [2.75, 3.05) is 6.61 Å². The van der Waals surface area contributed by atoms with E-state index in [9.17, 15) is 18.4 Å². The third-order valence-corrected chi connectivity index (χ3v) is 5.21. The fourth-order valence-electron chi connectivity index (χ4n) is 2.79. The van der Waals surface area contributed by atoms with Gasteiger partial charge in [-0.3, -0.25) is 0 Å². The van der Waals surface area contributed by atoms with Crippen molar-refractivity contribution in [1.29, 1.82) is 0 Å². The SMILES string of the molecule is O=C(O)C(=O)O[C@@H](Cc1c(Cl)c[nH+]cc1Cl)c1ccc(OC(F)F)c(OCC2CC2)c1. The molecule has 1 aliphatic rings. The van der Waals surface area contributed by atoms with Crippen LogP contribution in [-0.2, 0) is 20.7 Å². The van der Waals surface area contributed by atoms with Crippen LogP contribution in [0.4, 0.5) is 8.78 Å². The first kappa shape index (κ1) is 23.0. The fourth-order valence-corrected chi connectivity index (χ4v) is 3.32. The number of nitrogens with one attached hydrogen (secondary N) is 1. The van der Waals surface area contributed by atoms with Gasteiger partial charge >= 0.3 is 18.6 Å². The Balaban J connectivity index is 1.94. The molecule has 1 saturated carbocycles. The number of carboxylic acid groups (broad SMARTS) is 1. The van der Waals surface area contributed by atoms with Crippen molar-refractivity contribution in [3.63, 3.8) is 0 Å². The number of carboxylic acids is 1. The van der Waals surface area contributed by atoms with Gasteiger partial charge in [0.1, 0.15) is 16.1 Å². The number of benzene rings is 1. The minimum absolute atomic E-state index is 0.0275. The third kappa shape index (κ3) is 6.41. The maximum Gasteiger partial charge on any atom is 0.417 e. The number of alkyl halides is 2. The average Bonchev–Trinajstić information content (AvgIpc) is 3.53. The van der Waals surface area contributed by atoms with Crippen molar-refractivity contribution in [1.82, 2.24) is 0 Å². The number of carbonyl (C=O) groups excluding carboxylic acids is 1. The van der Waals surface area contributed by atoms with Gasteiger partial charge in [0.25, 0.3) is 0 Å². The summed E-state index contributed by atoms with van der Waals surface area (Å²) in [4.78, 5) is 25.5. The van der Waals surface area contributed by atoms with E-state index in [0.717, 1.165) is 12.8 Å². The topological polar surface area (TPSA) is 96.2 Å². The molecule has 0 bridgehead atoms. The molecule has 11 heteroatoms. The Bertz CT molecular complexity index is 950. The van der Waals surface area contributed by atoms with Crippen molar-refractivity contribution >= 4 is 35.1 Å². The quantitative estimate of drug-likeness (QED) is 0.432. The van der Waals surface area contributed by atoms with Crippen LogP contribution in [0.3, 0.4) is 0 Å². The van der Waals surface area contributed by atoms with Gasteiger partial charge in [-0.05, 0) is 36.5 Å². The summed E-state index contributed by atoms with van der Waals surface area (Å²) in [5, 5.41) is 9.43. The maximum absolute atomic E-state index is 12.8. The lowest BCUT2D eigenvalue weighted by Gasteiger charge is -2.20. The molecule has 2 aromatic rings. The second-order valence-corrected chi connectivity index (χ2v) is 7.69. The van der Waals surface area contributed by atoms with Gasteiger partial charge in [0.15, 0.2) is 23.9 Å². The molecule has 0 aliphatic heterocycles. The Morgan fingerprint density at radius 2 is 1.84 bits per heavy atom. The Morgan fingerprint density at radius 1 is 1.16 bits per heavy atom. The van der Waals surface area contributed by atoms with Crippen LogP contribution < -0.4 is 14.5 Å². The number of carbonyl (C=O) groups is 2. The Hall–Kier alpha value is -2.65. The highest BCUT2D eigenvalue weighted by Gasteiger charge is 2.27. The number of aromatic amines is 1. The van der Waals surface area contributed by atoms with Crippen molar-refractivity contribution in [2.24, 2.45) is 5.92 Å². The smallest absolute Gasteiger partial charge is 0.417 e. The molecule has 0 amide bonds. The van der Waals surface area contributed by atoms with Crippen LogP contribution >= 0.6 is 23.2 Å². The Labute approximate surface area is 185 Å². The van der Waals surface area contributed by atoms with Gasteiger partial charge in [0, 0.05) is 12.0 Å². The molecular weight excluding hydrogens is 459 g/mol. The number of esters is 1. The van der Waals surface area contributed by atoms with Gasteiger partial charge in [-0.15, -0.1) is 0 Å². The maximum atomic E-state index is 12.8. The molecule has 1 fully saturated rings. The standard InChI is InChI=1S/C20H17Cl2F2NO6/c21-13-7-25-8-14(22)12(13)6-16(30-19(28)18(26)27)11-3-4-15(31-20(23)24)17(5-11)29-9-10-1-2-10/h3-5,7-8,10,16,20H,1-2,6,9H2,(H,26,27)/p+1/t16-/m0/s1. The molecule has 2 N–H and O–H groups in total. The lowest BCUT2D eigenvalue weighted by Crippen LogP contribution is -2.21. The molecular formula is C20H18Cl2F2NO6+. The summed E-state index contributed by atoms with van der Waals surface area (Å²) in [7, 11) is 0. The summed E-state index contributed by atoms with van der Waals surface area (Å²) in [6.45, 7) is -2.75. The molecule has 1 aliphatic carbocycles. The number of aromatic nitrogens is 1. The molecule has 31 heavy (non-hydrogen) atoms. The number of aliphatic carboxylic acids is 1. The fraction of sp³-hybridized carbons (Fsp3) is 0.350. The molecule has 1 heterocycles. The van der Waals surface area contributed by atoms with Crippen molar-refractivity contribution < 1.29 is 42.7 Å². The monoisotopic (exact) mass is 476 g/mol. The number of hydrogen-bond donors (Lipinski definition) is 1. The number of halogens is 4. The molecule has 7 nitrogen and oxygen atoms in total. The number of rotatable bonds is 9. The number of pyridine rings is 1. The number of H-pyrrole nitrogens is 1. The van der Waals surface area contributed by atoms with Crippen molar-refractivity contribution in [2.45, 2.75) is 32.0 Å². The van der Waals surface area contributed by atoms with Crippen LogP contribution in [0.2, 0.25) is 10.0 Å². The number of hydrogen-bond acceptors (Lipinski definition) is 5. The van der Waals surface area contributed by atoms with Crippen LogP contribution in [0.25, 0.3) is 0 Å². The van der Waals surface area contributed by atoms with Crippen LogP contribution in [0.15, 0.2) is 30.6 Å². The van der Waals surface area contributed by atoms with E-state index < -0.39 is 24.7 Å². The Morgan fingerprint density at radius 3 is 2.42 bits per heavy atom. The van der Waals surface area contributed by atoms with E-state index in [-0.39, 0.29) is 28.0 Å². The largest absolute Gasteiger partial charge is 0.489 e. The van der Waals surface area contributed by atoms with Crippen LogP contribution in [0.1, 0.15) is 30.1 Å². The predicted molar refractivity (Wildman–Crippen MR) is 104 cm³/mol. The van der Waals surface area contributed by atoms with E-state index >= 15 is 0 Å². The highest BCUT2D eigenvalue weighted by molar-refractivity contribution is 6.35. The van der Waals surface area contributed by atoms with Gasteiger partial charge in [-0.1, -0.05) is 29.3 Å². The molecule has 0 unspecified atom stereocenters. The first-order valence-electron chi connectivity index (χ1n) is 9.24. The highest BCUT2D eigenvalue weighted by Crippen LogP contribution is 2.37. The van der Waals surface area contributed by atoms with E-state index in [1.165, 1.54) is 30.6 Å². The summed E-state index contributed by atoms with van der Waals surface area (Å²) in [5.74, 6) is -3.10. The number of ether oxygens (including phenoxy) is 3. The molecule has 1 atom stereocenters. The van der Waals surface area contributed by atoms with Crippen LogP contribution in [0, 0.1) is 5.92 Å². The van der Waals surface area contributed by atoms with E-state index in [2.05, 4.69) is 9.72 Å². The minimum atomic E-state index is -3.06. The highest BCUT2D eigenvalue weighted by atomic mass is 35.5. The second-order valence-electron chi connectivity index (χ2n) is 6.87. The summed E-state index contributed by atoms with van der Waals surface area (Å²) in [6.07, 6.45) is 3.68. The zero-order valence-corrected chi connectivity index (χ0v) is 17.5. The first-order valence-corrected chi connectivity index (χ1v) is 9.99. The van der Waals surface area contributed by atoms with Crippen LogP contribution in [0.5, 0.6) is 11.5 Å². The summed E-state index contributed by atoms with van der Waals surface area (Å²) < 4.78 is 40.8. The summed E-state index contributed by atoms with van der Waals surface area (Å²) >= 11 is 12.3. The van der Waals surface area contributed by atoms with E-state index in [4.69, 9.17) is 37.8 Å². The van der Waals surface area contributed by atoms with Crippen LogP contribution in [-0.4, -0.2) is 30.3 Å². The molecule has 3 rings (SSSR count). The third-order valence-electron chi connectivity index (χ3n) is 4.54. The molecule has 0 radical (unpaired) electrons. The Kier molecular flexibility index (Phi) is 7.50. The van der Waals surface area contributed by atoms with Gasteiger partial charge in [0.05, 0.1) is 6.61 Å². The average molecular weight is 477 g/mol. The predicted octanol–water partition coefficient (Wildman–Crippen LogP) is 4.11. The zero-order valence-electron chi connectivity index (χ0n) is 15.9. The van der Waals surface area contributed by atoms with E-state index in [1.54, 1.807) is 0 Å². The minimum Gasteiger partial charge on any atom is -0.489 e. The second kappa shape index (κ2) is 10.1. The molecule has 0 spiro atoms. The van der Waals surface area contributed by atoms with Crippen molar-refractivity contribution in [3.05, 3.63) is 51.8 Å². The first-order chi connectivity index (χ1) is 14.7. The molecule has 0 saturated heterocycles. The lowest BCUT2D eigenvalue weighted by molar-refractivity contribution is -0.377. The van der Waals surface area contributed by atoms with Gasteiger partial charge in [-0.2, -0.15) is 8.78 Å². The molecule has 1 aromatic heterocycles. The van der Waals surface area contributed by atoms with Gasteiger partial charge in [0.2, 0.25) is 0 Å². The normalized spacial score (nSPS) is 14.2.